The number of halogens is 1. The van der Waals surface area contributed by atoms with Crippen molar-refractivity contribution in [1.82, 2.24) is 5.16 Å². The van der Waals surface area contributed by atoms with Gasteiger partial charge in [0.2, 0.25) is 5.76 Å². The van der Waals surface area contributed by atoms with Gasteiger partial charge in [-0.3, -0.25) is 0 Å². The van der Waals surface area contributed by atoms with Gasteiger partial charge in [0, 0.05) is 16.7 Å². The van der Waals surface area contributed by atoms with E-state index < -0.39 is 5.97 Å². The molecule has 0 saturated carbocycles. The number of benzene rings is 1. The minimum absolute atomic E-state index is 0.163. The molecule has 0 radical (unpaired) electrons. The summed E-state index contributed by atoms with van der Waals surface area (Å²) < 4.78 is 4.77. The Labute approximate surface area is 115 Å². The Morgan fingerprint density at radius 1 is 1.26 bits per heavy atom. The monoisotopic (exact) mass is 277 g/mol. The summed E-state index contributed by atoms with van der Waals surface area (Å²) in [6.07, 6.45) is 4.34. The topological polar surface area (TPSA) is 63.3 Å². The van der Waals surface area contributed by atoms with Crippen LogP contribution in [-0.2, 0) is 12.8 Å². The van der Waals surface area contributed by atoms with Crippen molar-refractivity contribution < 1.29 is 14.4 Å². The zero-order chi connectivity index (χ0) is 13.4. The van der Waals surface area contributed by atoms with Crippen LogP contribution in [0.5, 0.6) is 0 Å². The molecule has 2 aromatic rings. The van der Waals surface area contributed by atoms with Gasteiger partial charge in [0.05, 0.1) is 0 Å². The van der Waals surface area contributed by atoms with Gasteiger partial charge in [0.1, 0.15) is 5.69 Å². The van der Waals surface area contributed by atoms with Crippen molar-refractivity contribution >= 4 is 17.6 Å². The molecule has 5 heteroatoms. The number of hydrogen-bond acceptors (Lipinski definition) is 3. The van der Waals surface area contributed by atoms with Gasteiger partial charge in [-0.2, -0.15) is 0 Å². The Morgan fingerprint density at radius 2 is 2.05 bits per heavy atom. The smallest absolute Gasteiger partial charge is 0.374 e. The van der Waals surface area contributed by atoms with Crippen molar-refractivity contribution in [2.75, 3.05) is 0 Å². The second-order valence-electron chi connectivity index (χ2n) is 4.68. The zero-order valence-corrected chi connectivity index (χ0v) is 10.9. The molecule has 0 unspecified atom stereocenters. The van der Waals surface area contributed by atoms with Gasteiger partial charge in [-0.1, -0.05) is 16.8 Å². The first-order valence-electron chi connectivity index (χ1n) is 6.17. The predicted molar refractivity (Wildman–Crippen MR) is 70.6 cm³/mol. The molecule has 1 heterocycles. The largest absolute Gasteiger partial charge is 0.475 e. The summed E-state index contributed by atoms with van der Waals surface area (Å²) in [5, 5.41) is 13.3. The third kappa shape index (κ3) is 2.24. The summed E-state index contributed by atoms with van der Waals surface area (Å²) in [7, 11) is 0. The number of rotatable bonds is 2. The molecule has 98 valence electrons. The molecule has 0 atom stereocenters. The summed E-state index contributed by atoms with van der Waals surface area (Å²) in [4.78, 5) is 10.8. The highest BCUT2D eigenvalue weighted by atomic mass is 35.5. The molecule has 3 rings (SSSR count). The lowest BCUT2D eigenvalue weighted by molar-refractivity contribution is 0.0652. The van der Waals surface area contributed by atoms with Crippen molar-refractivity contribution in [2.24, 2.45) is 0 Å². The van der Waals surface area contributed by atoms with Gasteiger partial charge >= 0.3 is 5.97 Å². The summed E-state index contributed by atoms with van der Waals surface area (Å²) in [6, 6.07) is 5.28. The van der Waals surface area contributed by atoms with E-state index in [1.54, 1.807) is 0 Å². The Bertz CT molecular complexity index is 648. The van der Waals surface area contributed by atoms with Crippen molar-refractivity contribution in [3.05, 3.63) is 40.1 Å². The van der Waals surface area contributed by atoms with Gasteiger partial charge in [0.25, 0.3) is 0 Å². The molecule has 1 aliphatic carbocycles. The maximum Gasteiger partial charge on any atom is 0.374 e. The first kappa shape index (κ1) is 12.2. The normalized spacial score (nSPS) is 14.2. The molecule has 0 saturated heterocycles. The van der Waals surface area contributed by atoms with Gasteiger partial charge in [-0.25, -0.2) is 4.79 Å². The van der Waals surface area contributed by atoms with Crippen LogP contribution in [0, 0.1) is 0 Å². The number of carboxylic acid groups (broad SMARTS) is 1. The second kappa shape index (κ2) is 4.70. The SMILES string of the molecule is O=C(O)c1cc(-c2cc(Cl)c3c(c2)CCCC3)no1. The van der Waals surface area contributed by atoms with Gasteiger partial charge < -0.3 is 9.63 Å². The van der Waals surface area contributed by atoms with E-state index in [1.807, 2.05) is 12.1 Å². The molecule has 1 aromatic carbocycles. The molecule has 0 aliphatic heterocycles. The average Bonchev–Trinajstić information content (AvgIpc) is 2.88. The lowest BCUT2D eigenvalue weighted by Crippen LogP contribution is -2.03. The number of aryl methyl sites for hydroxylation is 1. The Hall–Kier alpha value is -1.81. The first-order valence-corrected chi connectivity index (χ1v) is 6.54. The fourth-order valence-electron chi connectivity index (χ4n) is 2.47. The fraction of sp³-hybridized carbons (Fsp3) is 0.286. The second-order valence-corrected chi connectivity index (χ2v) is 5.09. The third-order valence-corrected chi connectivity index (χ3v) is 3.76. The molecule has 0 amide bonds. The average molecular weight is 278 g/mol. The standard InChI is InChI=1S/C14H12ClNO3/c15-11-6-9(5-8-3-1-2-4-10(8)11)12-7-13(14(17)18)19-16-12/h5-7H,1-4H2,(H,17,18). The van der Waals surface area contributed by atoms with Crippen LogP contribution in [0.15, 0.2) is 22.7 Å². The van der Waals surface area contributed by atoms with Crippen molar-refractivity contribution in [3.63, 3.8) is 0 Å². The number of nitrogens with zero attached hydrogens (tertiary/aromatic N) is 1. The first-order chi connectivity index (χ1) is 9.15. The number of fused-ring (bicyclic) bond motifs is 1. The third-order valence-electron chi connectivity index (χ3n) is 3.43. The Balaban J connectivity index is 2.05. The van der Waals surface area contributed by atoms with Crippen LogP contribution >= 0.6 is 11.6 Å². The summed E-state index contributed by atoms with van der Waals surface area (Å²) in [6.45, 7) is 0. The van der Waals surface area contributed by atoms with E-state index in [9.17, 15) is 4.79 Å². The van der Waals surface area contributed by atoms with Crippen molar-refractivity contribution in [1.29, 1.82) is 0 Å². The highest BCUT2D eigenvalue weighted by Crippen LogP contribution is 2.33. The maximum atomic E-state index is 10.8. The number of hydrogen-bond donors (Lipinski definition) is 1. The maximum absolute atomic E-state index is 10.8. The molecular formula is C14H12ClNO3. The van der Waals surface area contributed by atoms with Gasteiger partial charge in [0.15, 0.2) is 0 Å². The molecule has 1 aliphatic rings. The van der Waals surface area contributed by atoms with E-state index in [2.05, 4.69) is 5.16 Å². The predicted octanol–water partition coefficient (Wildman–Crippen LogP) is 3.57. The van der Waals surface area contributed by atoms with Gasteiger partial charge in [-0.05, 0) is 48.9 Å². The van der Waals surface area contributed by atoms with Crippen molar-refractivity contribution in [2.45, 2.75) is 25.7 Å². The van der Waals surface area contributed by atoms with E-state index >= 15 is 0 Å². The lowest BCUT2D eigenvalue weighted by atomic mass is 9.90. The highest BCUT2D eigenvalue weighted by molar-refractivity contribution is 6.31. The molecule has 0 fully saturated rings. The van der Waals surface area contributed by atoms with Crippen LogP contribution in [0.1, 0.15) is 34.5 Å². The Morgan fingerprint density at radius 3 is 2.79 bits per heavy atom. The molecule has 4 nitrogen and oxygen atoms in total. The van der Waals surface area contributed by atoms with Crippen LogP contribution in [0.3, 0.4) is 0 Å². The van der Waals surface area contributed by atoms with Crippen LogP contribution in [0.4, 0.5) is 0 Å². The molecule has 1 aromatic heterocycles. The highest BCUT2D eigenvalue weighted by Gasteiger charge is 2.17. The lowest BCUT2D eigenvalue weighted by Gasteiger charge is -2.17. The molecule has 0 spiro atoms. The van der Waals surface area contributed by atoms with Crippen LogP contribution in [0.25, 0.3) is 11.3 Å². The zero-order valence-electron chi connectivity index (χ0n) is 10.1. The fourth-order valence-corrected chi connectivity index (χ4v) is 2.81. The minimum atomic E-state index is -1.12. The quantitative estimate of drug-likeness (QED) is 0.911. The molecule has 0 bridgehead atoms. The number of carboxylic acids is 1. The van der Waals surface area contributed by atoms with Crippen molar-refractivity contribution in [3.8, 4) is 11.3 Å². The number of aromatic nitrogens is 1. The van der Waals surface area contributed by atoms with E-state index in [4.69, 9.17) is 21.2 Å². The van der Waals surface area contributed by atoms with E-state index in [-0.39, 0.29) is 5.76 Å². The van der Waals surface area contributed by atoms with Crippen LogP contribution in [-0.4, -0.2) is 16.2 Å². The summed E-state index contributed by atoms with van der Waals surface area (Å²) in [5.74, 6) is -1.29. The van der Waals surface area contributed by atoms with Crippen LogP contribution in [0.2, 0.25) is 5.02 Å². The molecule has 1 N–H and O–H groups in total. The molecular weight excluding hydrogens is 266 g/mol. The van der Waals surface area contributed by atoms with E-state index in [0.717, 1.165) is 29.8 Å². The summed E-state index contributed by atoms with van der Waals surface area (Å²) in [5.41, 5.74) is 3.75. The van der Waals surface area contributed by atoms with E-state index in [1.165, 1.54) is 23.6 Å². The van der Waals surface area contributed by atoms with Gasteiger partial charge in [-0.15, -0.1) is 0 Å². The van der Waals surface area contributed by atoms with Crippen LogP contribution < -0.4 is 0 Å². The molecule has 19 heavy (non-hydrogen) atoms. The number of carbonyl (C=O) groups is 1. The minimum Gasteiger partial charge on any atom is -0.475 e. The summed E-state index contributed by atoms with van der Waals surface area (Å²) >= 11 is 6.29. The van der Waals surface area contributed by atoms with E-state index in [0.29, 0.717) is 5.69 Å². The Kier molecular flexibility index (Phi) is 3.03. The number of aromatic carboxylic acids is 1.